The Labute approximate surface area is 60.6 Å². The highest BCUT2D eigenvalue weighted by atomic mass is 35.5. The first kappa shape index (κ1) is 6.51. The second-order valence-corrected chi connectivity index (χ2v) is 2.50. The first-order valence-corrected chi connectivity index (χ1v) is 3.37. The van der Waals surface area contributed by atoms with E-state index in [0.29, 0.717) is 4.88 Å². The molecule has 0 saturated carbocycles. The Bertz CT molecular complexity index is 208. The third-order valence-corrected chi connectivity index (χ3v) is 1.89. The van der Waals surface area contributed by atoms with Crippen molar-refractivity contribution in [2.24, 2.45) is 5.16 Å². The molecule has 0 aliphatic carbocycles. The van der Waals surface area contributed by atoms with E-state index in [1.165, 1.54) is 17.5 Å². The van der Waals surface area contributed by atoms with Crippen LogP contribution in [0.15, 0.2) is 16.9 Å². The average Bonchev–Trinajstić information content (AvgIpc) is 2.37. The highest BCUT2D eigenvalue weighted by molar-refractivity contribution is 7.13. The SMILES string of the molecule is ON=C(Cl)c1cncs1. The molecule has 1 heterocycles. The number of hydrogen-bond acceptors (Lipinski definition) is 4. The molecule has 0 spiro atoms. The van der Waals surface area contributed by atoms with Crippen molar-refractivity contribution in [3.8, 4) is 0 Å². The molecule has 0 aliphatic heterocycles. The molecule has 1 aromatic rings. The maximum absolute atomic E-state index is 8.14. The van der Waals surface area contributed by atoms with Crippen LogP contribution in [0.4, 0.5) is 0 Å². The van der Waals surface area contributed by atoms with Gasteiger partial charge < -0.3 is 5.21 Å². The lowest BCUT2D eigenvalue weighted by atomic mass is 10.6. The van der Waals surface area contributed by atoms with Crippen molar-refractivity contribution in [1.29, 1.82) is 0 Å². The van der Waals surface area contributed by atoms with E-state index in [0.717, 1.165) is 0 Å². The van der Waals surface area contributed by atoms with E-state index in [9.17, 15) is 0 Å². The van der Waals surface area contributed by atoms with Crippen LogP contribution in [0, 0.1) is 0 Å². The molecule has 0 atom stereocenters. The largest absolute Gasteiger partial charge is 0.410 e. The van der Waals surface area contributed by atoms with Crippen LogP contribution in [-0.2, 0) is 0 Å². The van der Waals surface area contributed by atoms with Crippen molar-refractivity contribution < 1.29 is 5.21 Å². The van der Waals surface area contributed by atoms with Gasteiger partial charge in [0.1, 0.15) is 0 Å². The number of thiazole rings is 1. The highest BCUT2D eigenvalue weighted by Crippen LogP contribution is 2.08. The summed E-state index contributed by atoms with van der Waals surface area (Å²) in [6.07, 6.45) is 1.53. The highest BCUT2D eigenvalue weighted by Gasteiger charge is 1.99. The molecule has 48 valence electrons. The van der Waals surface area contributed by atoms with Gasteiger partial charge in [0.2, 0.25) is 0 Å². The van der Waals surface area contributed by atoms with Crippen LogP contribution in [-0.4, -0.2) is 15.4 Å². The van der Waals surface area contributed by atoms with Gasteiger partial charge in [0.05, 0.1) is 10.4 Å². The van der Waals surface area contributed by atoms with Gasteiger partial charge in [0, 0.05) is 6.20 Å². The van der Waals surface area contributed by atoms with Gasteiger partial charge in [-0.05, 0) is 0 Å². The lowest BCUT2D eigenvalue weighted by Gasteiger charge is -1.82. The van der Waals surface area contributed by atoms with Gasteiger partial charge in [-0.25, -0.2) is 0 Å². The standard InChI is InChI=1S/C4H3ClN2OS/c5-4(7-8)3-1-6-2-9-3/h1-2,8H. The zero-order chi connectivity index (χ0) is 6.69. The lowest BCUT2D eigenvalue weighted by molar-refractivity contribution is 0.321. The van der Waals surface area contributed by atoms with Gasteiger partial charge >= 0.3 is 0 Å². The van der Waals surface area contributed by atoms with Gasteiger partial charge in [0.15, 0.2) is 5.17 Å². The molecular formula is C4H3ClN2OS. The van der Waals surface area contributed by atoms with Crippen LogP contribution in [0.5, 0.6) is 0 Å². The monoisotopic (exact) mass is 162 g/mol. The van der Waals surface area contributed by atoms with E-state index >= 15 is 0 Å². The molecule has 5 heteroatoms. The van der Waals surface area contributed by atoms with Crippen molar-refractivity contribution >= 4 is 28.1 Å². The van der Waals surface area contributed by atoms with Gasteiger partial charge in [-0.2, -0.15) is 0 Å². The predicted molar refractivity (Wildman–Crippen MR) is 36.3 cm³/mol. The van der Waals surface area contributed by atoms with Gasteiger partial charge in [-0.1, -0.05) is 16.8 Å². The van der Waals surface area contributed by atoms with Crippen molar-refractivity contribution in [2.45, 2.75) is 0 Å². The van der Waals surface area contributed by atoms with Crippen LogP contribution in [0.3, 0.4) is 0 Å². The van der Waals surface area contributed by atoms with Crippen LogP contribution in [0.2, 0.25) is 0 Å². The molecule has 1 N–H and O–H groups in total. The lowest BCUT2D eigenvalue weighted by Crippen LogP contribution is -1.83. The van der Waals surface area contributed by atoms with Crippen molar-refractivity contribution in [3.63, 3.8) is 0 Å². The van der Waals surface area contributed by atoms with Crippen molar-refractivity contribution in [3.05, 3.63) is 16.6 Å². The second-order valence-electron chi connectivity index (χ2n) is 1.26. The maximum atomic E-state index is 8.14. The smallest absolute Gasteiger partial charge is 0.186 e. The van der Waals surface area contributed by atoms with Gasteiger partial charge in [-0.3, -0.25) is 4.98 Å². The Morgan fingerprint density at radius 1 is 1.89 bits per heavy atom. The summed E-state index contributed by atoms with van der Waals surface area (Å²) in [5.74, 6) is 0. The van der Waals surface area contributed by atoms with E-state index in [4.69, 9.17) is 16.8 Å². The summed E-state index contributed by atoms with van der Waals surface area (Å²) in [6.45, 7) is 0. The molecule has 9 heavy (non-hydrogen) atoms. The molecule has 0 bridgehead atoms. The van der Waals surface area contributed by atoms with Crippen molar-refractivity contribution in [2.75, 3.05) is 0 Å². The van der Waals surface area contributed by atoms with Crippen LogP contribution < -0.4 is 0 Å². The molecule has 1 aromatic heterocycles. The maximum Gasteiger partial charge on any atom is 0.186 e. The Balaban J connectivity index is 2.90. The van der Waals surface area contributed by atoms with E-state index in [-0.39, 0.29) is 5.17 Å². The molecule has 0 radical (unpaired) electrons. The summed E-state index contributed by atoms with van der Waals surface area (Å²) in [6, 6.07) is 0. The predicted octanol–water partition coefficient (Wildman–Crippen LogP) is 1.52. The number of nitrogens with zero attached hydrogens (tertiary/aromatic N) is 2. The summed E-state index contributed by atoms with van der Waals surface area (Å²) in [7, 11) is 0. The number of oxime groups is 1. The molecular weight excluding hydrogens is 160 g/mol. The first-order valence-electron chi connectivity index (χ1n) is 2.11. The Kier molecular flexibility index (Phi) is 2.02. The summed E-state index contributed by atoms with van der Waals surface area (Å²) < 4.78 is 0. The molecule has 0 saturated heterocycles. The number of hydrogen-bond donors (Lipinski definition) is 1. The van der Waals surface area contributed by atoms with Crippen LogP contribution in [0.1, 0.15) is 4.88 Å². The third kappa shape index (κ3) is 1.40. The van der Waals surface area contributed by atoms with Gasteiger partial charge in [-0.15, -0.1) is 11.3 Å². The zero-order valence-electron chi connectivity index (χ0n) is 4.28. The fourth-order valence-electron chi connectivity index (χ4n) is 0.367. The quantitative estimate of drug-likeness (QED) is 0.387. The molecule has 1 rings (SSSR count). The fraction of sp³-hybridized carbons (Fsp3) is 0. The molecule has 3 nitrogen and oxygen atoms in total. The third-order valence-electron chi connectivity index (χ3n) is 0.723. The molecule has 0 amide bonds. The average molecular weight is 163 g/mol. The normalized spacial score (nSPS) is 11.9. The summed E-state index contributed by atoms with van der Waals surface area (Å²) in [5, 5.41) is 11.0. The van der Waals surface area contributed by atoms with E-state index in [1.54, 1.807) is 5.51 Å². The Morgan fingerprint density at radius 2 is 2.67 bits per heavy atom. The van der Waals surface area contributed by atoms with E-state index in [2.05, 4.69) is 10.1 Å². The molecule has 0 unspecified atom stereocenters. The fourth-order valence-corrected chi connectivity index (χ4v) is 1.04. The summed E-state index contributed by atoms with van der Waals surface area (Å²) >= 11 is 6.72. The second kappa shape index (κ2) is 2.80. The van der Waals surface area contributed by atoms with E-state index in [1.807, 2.05) is 0 Å². The van der Waals surface area contributed by atoms with E-state index < -0.39 is 0 Å². The Hall–Kier alpha value is -0.610. The number of halogens is 1. The molecule has 0 fully saturated rings. The molecule has 0 aromatic carbocycles. The minimum Gasteiger partial charge on any atom is -0.410 e. The minimum atomic E-state index is 0.0810. The summed E-state index contributed by atoms with van der Waals surface area (Å²) in [5.41, 5.74) is 1.61. The van der Waals surface area contributed by atoms with Crippen molar-refractivity contribution in [1.82, 2.24) is 4.98 Å². The molecule has 0 aliphatic rings. The van der Waals surface area contributed by atoms with Gasteiger partial charge in [0.25, 0.3) is 0 Å². The minimum absolute atomic E-state index is 0.0810. The first-order chi connectivity index (χ1) is 4.34. The van der Waals surface area contributed by atoms with Crippen LogP contribution in [0.25, 0.3) is 0 Å². The topological polar surface area (TPSA) is 45.5 Å². The summed E-state index contributed by atoms with van der Waals surface area (Å²) in [4.78, 5) is 4.40. The Morgan fingerprint density at radius 3 is 3.11 bits per heavy atom. The zero-order valence-corrected chi connectivity index (χ0v) is 5.85. The number of rotatable bonds is 1. The van der Waals surface area contributed by atoms with Crippen LogP contribution >= 0.6 is 22.9 Å². The number of aromatic nitrogens is 1.